The van der Waals surface area contributed by atoms with Crippen LogP contribution >= 0.6 is 0 Å². The Morgan fingerprint density at radius 3 is 2.17 bits per heavy atom. The Kier molecular flexibility index (Phi) is 7.93. The number of aliphatic carboxylic acids is 1. The number of hydrogen-bond acceptors (Lipinski definition) is 5. The molecule has 7 nitrogen and oxygen atoms in total. The van der Waals surface area contributed by atoms with Crippen LogP contribution in [0, 0.1) is 19.3 Å². The summed E-state index contributed by atoms with van der Waals surface area (Å²) in [5.41, 5.74) is 6.22. The normalized spacial score (nSPS) is 16.9. The Hall–Kier alpha value is -3.71. The van der Waals surface area contributed by atoms with Crippen LogP contribution in [0.5, 0.6) is 0 Å². The Morgan fingerprint density at radius 1 is 0.976 bits per heavy atom. The summed E-state index contributed by atoms with van der Waals surface area (Å²) in [6, 6.07) is 17.4. The zero-order chi connectivity index (χ0) is 29.4. The van der Waals surface area contributed by atoms with E-state index in [1.165, 1.54) is 12.8 Å². The SMILES string of the molecule is Cc1nc(C)c([C@H](OC(C)(C)C)C(=O)O)c(N2CCC3(CC2)CC3)c1-c1ccc(C(=O)NCc2ccccc2)cc1. The van der Waals surface area contributed by atoms with E-state index in [0.29, 0.717) is 28.8 Å². The van der Waals surface area contributed by atoms with Crippen molar-refractivity contribution >= 4 is 17.6 Å². The molecule has 0 unspecified atom stereocenters. The van der Waals surface area contributed by atoms with Crippen molar-refractivity contribution in [3.63, 3.8) is 0 Å². The second kappa shape index (κ2) is 11.3. The van der Waals surface area contributed by atoms with Gasteiger partial charge >= 0.3 is 5.97 Å². The zero-order valence-electron chi connectivity index (χ0n) is 24.8. The first-order valence-corrected chi connectivity index (χ1v) is 14.6. The molecule has 5 rings (SSSR count). The van der Waals surface area contributed by atoms with Gasteiger partial charge in [0.15, 0.2) is 6.10 Å². The summed E-state index contributed by atoms with van der Waals surface area (Å²) in [6.07, 6.45) is 3.62. The van der Waals surface area contributed by atoms with Crippen molar-refractivity contribution in [1.82, 2.24) is 10.3 Å². The lowest BCUT2D eigenvalue weighted by Crippen LogP contribution is -2.37. The number of pyridine rings is 1. The minimum atomic E-state index is -1.16. The third kappa shape index (κ3) is 6.46. The van der Waals surface area contributed by atoms with E-state index in [1.54, 1.807) is 0 Å². The van der Waals surface area contributed by atoms with Crippen LogP contribution in [0.3, 0.4) is 0 Å². The molecule has 1 saturated carbocycles. The molecule has 1 saturated heterocycles. The van der Waals surface area contributed by atoms with Gasteiger partial charge in [0.1, 0.15) is 0 Å². The minimum absolute atomic E-state index is 0.143. The highest BCUT2D eigenvalue weighted by Gasteiger charge is 2.45. The van der Waals surface area contributed by atoms with Gasteiger partial charge < -0.3 is 20.1 Å². The molecule has 0 bridgehead atoms. The Bertz CT molecular complexity index is 1410. The quantitative estimate of drug-likeness (QED) is 0.325. The molecule has 216 valence electrons. The number of amides is 1. The summed E-state index contributed by atoms with van der Waals surface area (Å²) in [6.45, 7) is 11.7. The fraction of sp³-hybridized carbons (Fsp3) is 0.441. The number of ether oxygens (including phenoxy) is 1. The molecule has 2 heterocycles. The summed E-state index contributed by atoms with van der Waals surface area (Å²) in [7, 11) is 0. The molecule has 1 aliphatic carbocycles. The number of benzene rings is 2. The van der Waals surface area contributed by atoms with E-state index in [1.807, 2.05) is 89.2 Å². The third-order valence-electron chi connectivity index (χ3n) is 8.37. The van der Waals surface area contributed by atoms with Crippen LogP contribution in [0.4, 0.5) is 5.69 Å². The number of nitrogens with zero attached hydrogens (tertiary/aromatic N) is 2. The van der Waals surface area contributed by atoms with E-state index < -0.39 is 17.7 Å². The van der Waals surface area contributed by atoms with E-state index in [0.717, 1.165) is 54.0 Å². The number of aromatic nitrogens is 1. The van der Waals surface area contributed by atoms with Gasteiger partial charge in [-0.05, 0) is 89.0 Å². The Labute approximate surface area is 242 Å². The van der Waals surface area contributed by atoms with Gasteiger partial charge in [-0.3, -0.25) is 9.78 Å². The van der Waals surface area contributed by atoms with Gasteiger partial charge in [-0.2, -0.15) is 0 Å². The maximum absolute atomic E-state index is 12.9. The lowest BCUT2D eigenvalue weighted by atomic mass is 9.89. The number of anilines is 1. The summed E-state index contributed by atoms with van der Waals surface area (Å²) < 4.78 is 6.18. The number of carboxylic acids is 1. The molecule has 1 aromatic heterocycles. The summed E-state index contributed by atoms with van der Waals surface area (Å²) in [5.74, 6) is -1.17. The third-order valence-corrected chi connectivity index (χ3v) is 8.37. The zero-order valence-corrected chi connectivity index (χ0v) is 24.8. The molecule has 1 aliphatic heterocycles. The number of carbonyl (C=O) groups is 2. The topological polar surface area (TPSA) is 91.8 Å². The molecule has 2 aliphatic rings. The van der Waals surface area contributed by atoms with E-state index in [4.69, 9.17) is 9.72 Å². The fourth-order valence-electron chi connectivity index (χ4n) is 5.97. The van der Waals surface area contributed by atoms with Crippen LogP contribution in [0.15, 0.2) is 54.6 Å². The molecule has 1 amide bonds. The summed E-state index contributed by atoms with van der Waals surface area (Å²) in [4.78, 5) is 32.8. The molecule has 1 spiro atoms. The maximum atomic E-state index is 12.9. The van der Waals surface area contributed by atoms with Gasteiger partial charge in [0.25, 0.3) is 5.91 Å². The van der Waals surface area contributed by atoms with Crippen molar-refractivity contribution < 1.29 is 19.4 Å². The molecule has 2 N–H and O–H groups in total. The number of carbonyl (C=O) groups excluding carboxylic acids is 1. The largest absolute Gasteiger partial charge is 0.479 e. The highest BCUT2D eigenvalue weighted by Crippen LogP contribution is 2.55. The first-order valence-electron chi connectivity index (χ1n) is 14.6. The molecule has 3 aromatic rings. The summed E-state index contributed by atoms with van der Waals surface area (Å²) in [5, 5.41) is 13.4. The second-order valence-corrected chi connectivity index (χ2v) is 12.6. The van der Waals surface area contributed by atoms with Crippen LogP contribution in [-0.2, 0) is 16.1 Å². The average Bonchev–Trinajstić information content (AvgIpc) is 3.69. The van der Waals surface area contributed by atoms with Crippen LogP contribution in [0.25, 0.3) is 11.1 Å². The van der Waals surface area contributed by atoms with Gasteiger partial charge in [-0.25, -0.2) is 4.79 Å². The van der Waals surface area contributed by atoms with Gasteiger partial charge in [0.2, 0.25) is 0 Å². The van der Waals surface area contributed by atoms with Crippen molar-refractivity contribution in [2.24, 2.45) is 5.41 Å². The number of rotatable bonds is 8. The predicted octanol–water partition coefficient (Wildman–Crippen LogP) is 6.62. The molecule has 0 radical (unpaired) electrons. The number of nitrogens with one attached hydrogen (secondary N) is 1. The molecule has 2 aromatic carbocycles. The van der Waals surface area contributed by atoms with E-state index >= 15 is 0 Å². The number of piperidine rings is 1. The van der Waals surface area contributed by atoms with Gasteiger partial charge in [-0.1, -0.05) is 42.5 Å². The van der Waals surface area contributed by atoms with Crippen LogP contribution in [-0.4, -0.2) is 40.7 Å². The number of hydrogen-bond donors (Lipinski definition) is 2. The molecular formula is C34H41N3O4. The van der Waals surface area contributed by atoms with Crippen molar-refractivity contribution in [3.05, 3.63) is 82.7 Å². The molecule has 7 heteroatoms. The van der Waals surface area contributed by atoms with Crippen molar-refractivity contribution in [1.29, 1.82) is 0 Å². The number of aryl methyl sites for hydroxylation is 2. The molecule has 1 atom stereocenters. The predicted molar refractivity (Wildman–Crippen MR) is 161 cm³/mol. The first kappa shape index (κ1) is 28.8. The van der Waals surface area contributed by atoms with E-state index in [2.05, 4.69) is 10.2 Å². The standard InChI is InChI=1S/C34H41N3O4/c1-22-27(25-11-13-26(14-12-25)31(38)35-21-24-9-7-6-8-10-24)29(37-19-17-34(15-16-34)18-20-37)28(23(2)36-22)30(32(39)40)41-33(3,4)5/h6-14,30H,15-21H2,1-5H3,(H,35,38)(H,39,40)/t30-/m0/s1. The van der Waals surface area contributed by atoms with Gasteiger partial charge in [-0.15, -0.1) is 0 Å². The van der Waals surface area contributed by atoms with Crippen LogP contribution in [0.1, 0.15) is 85.4 Å². The minimum Gasteiger partial charge on any atom is -0.479 e. The molecular weight excluding hydrogens is 514 g/mol. The molecule has 41 heavy (non-hydrogen) atoms. The highest BCUT2D eigenvalue weighted by molar-refractivity contribution is 5.95. The van der Waals surface area contributed by atoms with E-state index in [-0.39, 0.29) is 5.91 Å². The van der Waals surface area contributed by atoms with Crippen molar-refractivity contribution in [2.75, 3.05) is 18.0 Å². The Balaban J connectivity index is 1.53. The van der Waals surface area contributed by atoms with Crippen LogP contribution < -0.4 is 10.2 Å². The van der Waals surface area contributed by atoms with Gasteiger partial charge in [0, 0.05) is 47.7 Å². The Morgan fingerprint density at radius 2 is 1.61 bits per heavy atom. The highest BCUT2D eigenvalue weighted by atomic mass is 16.5. The average molecular weight is 556 g/mol. The first-order chi connectivity index (χ1) is 19.5. The van der Waals surface area contributed by atoms with E-state index in [9.17, 15) is 14.7 Å². The second-order valence-electron chi connectivity index (χ2n) is 12.6. The summed E-state index contributed by atoms with van der Waals surface area (Å²) >= 11 is 0. The van der Waals surface area contributed by atoms with Crippen LogP contribution in [0.2, 0.25) is 0 Å². The maximum Gasteiger partial charge on any atom is 0.337 e. The lowest BCUT2D eigenvalue weighted by Gasteiger charge is -2.38. The monoisotopic (exact) mass is 555 g/mol. The lowest BCUT2D eigenvalue weighted by molar-refractivity contribution is -0.160. The number of carboxylic acid groups (broad SMARTS) is 1. The van der Waals surface area contributed by atoms with Crippen molar-refractivity contribution in [2.45, 2.75) is 78.6 Å². The molecule has 2 fully saturated rings. The smallest absolute Gasteiger partial charge is 0.337 e. The van der Waals surface area contributed by atoms with Crippen molar-refractivity contribution in [3.8, 4) is 11.1 Å². The van der Waals surface area contributed by atoms with Gasteiger partial charge in [0.05, 0.1) is 11.3 Å². The fourth-order valence-corrected chi connectivity index (χ4v) is 5.97.